The SMILES string of the molecule is Cc1nc(N(C)C2CCCCC2C)sc1CN. The van der Waals surface area contributed by atoms with Gasteiger partial charge in [0.2, 0.25) is 0 Å². The summed E-state index contributed by atoms with van der Waals surface area (Å²) in [5.41, 5.74) is 6.82. The molecule has 0 bridgehead atoms. The van der Waals surface area contributed by atoms with Crippen LogP contribution in [0.2, 0.25) is 0 Å². The van der Waals surface area contributed by atoms with Gasteiger partial charge in [-0.05, 0) is 25.7 Å². The molecule has 2 unspecified atom stereocenters. The summed E-state index contributed by atoms with van der Waals surface area (Å²) in [6, 6.07) is 0.653. The van der Waals surface area contributed by atoms with Gasteiger partial charge in [-0.25, -0.2) is 4.98 Å². The van der Waals surface area contributed by atoms with Crippen LogP contribution >= 0.6 is 11.3 Å². The van der Waals surface area contributed by atoms with Crippen LogP contribution in [0.1, 0.15) is 43.2 Å². The summed E-state index contributed by atoms with van der Waals surface area (Å²) in [4.78, 5) is 8.25. The predicted molar refractivity (Wildman–Crippen MR) is 74.6 cm³/mol. The van der Waals surface area contributed by atoms with Crippen molar-refractivity contribution in [1.82, 2.24) is 4.98 Å². The van der Waals surface area contributed by atoms with Crippen LogP contribution in [0.5, 0.6) is 0 Å². The number of hydrogen-bond donors (Lipinski definition) is 1. The van der Waals surface area contributed by atoms with Crippen LogP contribution in [0, 0.1) is 12.8 Å². The molecule has 1 aliphatic rings. The second kappa shape index (κ2) is 5.36. The van der Waals surface area contributed by atoms with E-state index < -0.39 is 0 Å². The van der Waals surface area contributed by atoms with Gasteiger partial charge in [0, 0.05) is 24.5 Å². The predicted octanol–water partition coefficient (Wildman–Crippen LogP) is 2.93. The molecular weight excluding hydrogens is 230 g/mol. The number of nitrogens with two attached hydrogens (primary N) is 1. The van der Waals surface area contributed by atoms with Gasteiger partial charge in [0.1, 0.15) is 0 Å². The molecule has 0 amide bonds. The van der Waals surface area contributed by atoms with Crippen LogP contribution in [0.15, 0.2) is 0 Å². The van der Waals surface area contributed by atoms with E-state index in [1.165, 1.54) is 30.6 Å². The molecule has 0 aromatic carbocycles. The Morgan fingerprint density at radius 1 is 1.41 bits per heavy atom. The molecule has 0 saturated heterocycles. The smallest absolute Gasteiger partial charge is 0.185 e. The highest BCUT2D eigenvalue weighted by molar-refractivity contribution is 7.15. The molecule has 2 N–H and O–H groups in total. The van der Waals surface area contributed by atoms with Crippen molar-refractivity contribution in [3.05, 3.63) is 10.6 Å². The molecule has 1 heterocycles. The monoisotopic (exact) mass is 253 g/mol. The van der Waals surface area contributed by atoms with Gasteiger partial charge < -0.3 is 10.6 Å². The molecule has 96 valence electrons. The van der Waals surface area contributed by atoms with Crippen LogP contribution in [0.25, 0.3) is 0 Å². The summed E-state index contributed by atoms with van der Waals surface area (Å²) in [6.45, 7) is 5.03. The Morgan fingerprint density at radius 3 is 2.71 bits per heavy atom. The first-order valence-electron chi connectivity index (χ1n) is 6.52. The third kappa shape index (κ3) is 2.63. The van der Waals surface area contributed by atoms with Gasteiger partial charge in [-0.1, -0.05) is 19.8 Å². The first-order valence-corrected chi connectivity index (χ1v) is 7.34. The van der Waals surface area contributed by atoms with Gasteiger partial charge in [-0.15, -0.1) is 11.3 Å². The van der Waals surface area contributed by atoms with Gasteiger partial charge in [-0.2, -0.15) is 0 Å². The van der Waals surface area contributed by atoms with Crippen molar-refractivity contribution in [2.75, 3.05) is 11.9 Å². The molecule has 0 aliphatic heterocycles. The lowest BCUT2D eigenvalue weighted by atomic mass is 9.85. The standard InChI is InChI=1S/C13H23N3S/c1-9-6-4-5-7-11(9)16(3)13-15-10(2)12(8-14)17-13/h9,11H,4-8,14H2,1-3H3. The molecule has 3 nitrogen and oxygen atoms in total. The normalized spacial score (nSPS) is 24.9. The molecule has 1 aliphatic carbocycles. The van der Waals surface area contributed by atoms with Crippen LogP contribution in [-0.4, -0.2) is 18.1 Å². The van der Waals surface area contributed by atoms with Gasteiger partial charge in [0.25, 0.3) is 0 Å². The maximum atomic E-state index is 5.72. The number of hydrogen-bond acceptors (Lipinski definition) is 4. The zero-order chi connectivity index (χ0) is 12.4. The van der Waals surface area contributed by atoms with Crippen LogP contribution in [-0.2, 0) is 6.54 Å². The minimum absolute atomic E-state index is 0.609. The average molecular weight is 253 g/mol. The molecule has 2 rings (SSSR count). The number of nitrogens with zero attached hydrogens (tertiary/aromatic N) is 2. The maximum Gasteiger partial charge on any atom is 0.185 e. The fraction of sp³-hybridized carbons (Fsp3) is 0.769. The number of aromatic nitrogens is 1. The third-order valence-electron chi connectivity index (χ3n) is 3.93. The number of aryl methyl sites for hydroxylation is 1. The number of rotatable bonds is 3. The van der Waals surface area contributed by atoms with Crippen molar-refractivity contribution in [1.29, 1.82) is 0 Å². The summed E-state index contributed by atoms with van der Waals surface area (Å²) in [6.07, 6.45) is 5.39. The molecule has 1 fully saturated rings. The summed E-state index contributed by atoms with van der Waals surface area (Å²) in [5.74, 6) is 0.777. The molecule has 1 aromatic heterocycles. The first kappa shape index (κ1) is 12.8. The molecule has 4 heteroatoms. The lowest BCUT2D eigenvalue weighted by Gasteiger charge is -2.36. The Kier molecular flexibility index (Phi) is 4.05. The van der Waals surface area contributed by atoms with Gasteiger partial charge in [0.15, 0.2) is 5.13 Å². The van der Waals surface area contributed by atoms with Crippen molar-refractivity contribution in [2.24, 2.45) is 11.7 Å². The van der Waals surface area contributed by atoms with E-state index in [1.807, 2.05) is 0 Å². The Bertz CT molecular complexity index is 375. The van der Waals surface area contributed by atoms with Crippen molar-refractivity contribution in [3.8, 4) is 0 Å². The second-order valence-corrected chi connectivity index (χ2v) is 6.21. The molecule has 0 radical (unpaired) electrons. The van der Waals surface area contributed by atoms with E-state index in [-0.39, 0.29) is 0 Å². The highest BCUT2D eigenvalue weighted by Gasteiger charge is 2.26. The van der Waals surface area contributed by atoms with E-state index in [2.05, 4.69) is 30.8 Å². The second-order valence-electron chi connectivity index (χ2n) is 5.15. The minimum Gasteiger partial charge on any atom is -0.348 e. The summed E-state index contributed by atoms with van der Waals surface area (Å²) in [5, 5.41) is 1.14. The fourth-order valence-electron chi connectivity index (χ4n) is 2.77. The van der Waals surface area contributed by atoms with Crippen LogP contribution in [0.4, 0.5) is 5.13 Å². The Labute approximate surface area is 108 Å². The quantitative estimate of drug-likeness (QED) is 0.900. The van der Waals surface area contributed by atoms with E-state index in [1.54, 1.807) is 11.3 Å². The Hall–Kier alpha value is -0.610. The van der Waals surface area contributed by atoms with Gasteiger partial charge >= 0.3 is 0 Å². The zero-order valence-electron chi connectivity index (χ0n) is 11.1. The third-order valence-corrected chi connectivity index (χ3v) is 5.20. The number of anilines is 1. The summed E-state index contributed by atoms with van der Waals surface area (Å²) in [7, 11) is 2.19. The highest BCUT2D eigenvalue weighted by Crippen LogP contribution is 2.33. The molecule has 0 spiro atoms. The molecule has 17 heavy (non-hydrogen) atoms. The highest BCUT2D eigenvalue weighted by atomic mass is 32.1. The van der Waals surface area contributed by atoms with E-state index in [9.17, 15) is 0 Å². The lowest BCUT2D eigenvalue weighted by molar-refractivity contribution is 0.321. The summed E-state index contributed by atoms with van der Waals surface area (Å²) < 4.78 is 0. The van der Waals surface area contributed by atoms with E-state index >= 15 is 0 Å². The lowest BCUT2D eigenvalue weighted by Crippen LogP contribution is -2.38. The first-order chi connectivity index (χ1) is 8.13. The molecule has 1 saturated carbocycles. The van der Waals surface area contributed by atoms with E-state index in [0.29, 0.717) is 12.6 Å². The van der Waals surface area contributed by atoms with Crippen LogP contribution < -0.4 is 10.6 Å². The fourth-order valence-corrected chi connectivity index (χ4v) is 3.73. The maximum absolute atomic E-state index is 5.72. The Balaban J connectivity index is 2.14. The zero-order valence-corrected chi connectivity index (χ0v) is 11.9. The molecular formula is C13H23N3S. The topological polar surface area (TPSA) is 42.2 Å². The van der Waals surface area contributed by atoms with E-state index in [4.69, 9.17) is 5.73 Å². The number of thiazole rings is 1. The van der Waals surface area contributed by atoms with Gasteiger partial charge in [0.05, 0.1) is 5.69 Å². The molecule has 2 atom stereocenters. The van der Waals surface area contributed by atoms with Crippen molar-refractivity contribution < 1.29 is 0 Å². The van der Waals surface area contributed by atoms with Crippen LogP contribution in [0.3, 0.4) is 0 Å². The van der Waals surface area contributed by atoms with Crippen molar-refractivity contribution in [2.45, 2.75) is 52.1 Å². The van der Waals surface area contributed by atoms with Crippen molar-refractivity contribution in [3.63, 3.8) is 0 Å². The molecule has 1 aromatic rings. The summed E-state index contributed by atoms with van der Waals surface area (Å²) >= 11 is 1.75. The van der Waals surface area contributed by atoms with Gasteiger partial charge in [-0.3, -0.25) is 0 Å². The largest absolute Gasteiger partial charge is 0.348 e. The van der Waals surface area contributed by atoms with Crippen molar-refractivity contribution >= 4 is 16.5 Å². The minimum atomic E-state index is 0.609. The Morgan fingerprint density at radius 2 is 2.12 bits per heavy atom. The average Bonchev–Trinajstić information content (AvgIpc) is 2.70. The van der Waals surface area contributed by atoms with E-state index in [0.717, 1.165) is 16.7 Å².